The van der Waals surface area contributed by atoms with Crippen molar-refractivity contribution in [3.8, 4) is 0 Å². The summed E-state index contributed by atoms with van der Waals surface area (Å²) in [6.45, 7) is 7.13. The van der Waals surface area contributed by atoms with Crippen LogP contribution in [0.3, 0.4) is 0 Å². The summed E-state index contributed by atoms with van der Waals surface area (Å²) < 4.78 is 6.17. The van der Waals surface area contributed by atoms with Crippen LogP contribution in [-0.4, -0.2) is 17.9 Å². The molecule has 4 rings (SSSR count). The Bertz CT molecular complexity index is 739. The van der Waals surface area contributed by atoms with Crippen molar-refractivity contribution in [2.75, 3.05) is 0 Å². The highest BCUT2D eigenvalue weighted by molar-refractivity contribution is 5.91. The van der Waals surface area contributed by atoms with Crippen LogP contribution in [0, 0.1) is 28.6 Å². The van der Waals surface area contributed by atoms with Crippen molar-refractivity contribution >= 4 is 11.8 Å². The molecule has 0 unspecified atom stereocenters. The predicted octanol–water partition coefficient (Wildman–Crippen LogP) is 7.96. The molecule has 33 heavy (non-hydrogen) atoms. The maximum atomic E-state index is 12.7. The Morgan fingerprint density at radius 3 is 2.39 bits per heavy atom. The lowest BCUT2D eigenvalue weighted by molar-refractivity contribution is -0.160. The van der Waals surface area contributed by atoms with E-state index >= 15 is 0 Å². The second-order valence-electron chi connectivity index (χ2n) is 12.3. The molecule has 0 heterocycles. The first-order chi connectivity index (χ1) is 15.9. The molecule has 0 radical (unpaired) electrons. The first kappa shape index (κ1) is 25.0. The van der Waals surface area contributed by atoms with E-state index in [1.807, 2.05) is 6.08 Å². The predicted molar refractivity (Wildman–Crippen MR) is 134 cm³/mol. The fourth-order valence-corrected chi connectivity index (χ4v) is 8.33. The third kappa shape index (κ3) is 5.13. The standard InChI is InChI=1S/C30H48O3/c1-4-5-6-7-8-9-10-11-12-28(32)33-27-16-15-25-24-14-13-22-21-23(31)17-19-29(22,2)26(24)18-20-30(25,27)3/h21,24-27H,4-20H2,1-3H3/t24-,25-,26-,27-,29+,30-/m0/s1. The molecule has 0 aromatic carbocycles. The number of carbonyl (C=O) groups excluding carboxylic acids is 2. The Labute approximate surface area is 202 Å². The summed E-state index contributed by atoms with van der Waals surface area (Å²) in [4.78, 5) is 24.7. The Balaban J connectivity index is 1.27. The van der Waals surface area contributed by atoms with Crippen LogP contribution in [0.2, 0.25) is 0 Å². The SMILES string of the molecule is CCCCCCCCCCC(=O)O[C@H]1CC[C@H]2[C@@H]3CCC4=CC(=O)CC[C@@]4(C)[C@H]3CC[C@]12C. The van der Waals surface area contributed by atoms with Gasteiger partial charge in [0.15, 0.2) is 5.78 Å². The molecule has 0 N–H and O–H groups in total. The van der Waals surface area contributed by atoms with Crippen molar-refractivity contribution in [1.82, 2.24) is 0 Å². The van der Waals surface area contributed by atoms with Crippen molar-refractivity contribution in [2.45, 2.75) is 136 Å². The molecule has 0 saturated heterocycles. The lowest BCUT2D eigenvalue weighted by Crippen LogP contribution is -2.51. The summed E-state index contributed by atoms with van der Waals surface area (Å²) >= 11 is 0. The van der Waals surface area contributed by atoms with Gasteiger partial charge >= 0.3 is 5.97 Å². The number of hydrogen-bond donors (Lipinski definition) is 0. The van der Waals surface area contributed by atoms with Crippen LogP contribution in [0.5, 0.6) is 0 Å². The molecule has 3 fully saturated rings. The van der Waals surface area contributed by atoms with Crippen LogP contribution in [-0.2, 0) is 14.3 Å². The van der Waals surface area contributed by atoms with Gasteiger partial charge in [-0.2, -0.15) is 0 Å². The van der Waals surface area contributed by atoms with Crippen LogP contribution in [0.25, 0.3) is 0 Å². The number of hydrogen-bond acceptors (Lipinski definition) is 3. The summed E-state index contributed by atoms with van der Waals surface area (Å²) in [6.07, 6.45) is 21.5. The molecule has 0 spiro atoms. The topological polar surface area (TPSA) is 43.4 Å². The second kappa shape index (κ2) is 10.6. The number of ether oxygens (including phenoxy) is 1. The first-order valence-corrected chi connectivity index (χ1v) is 14.3. The molecule has 4 aliphatic carbocycles. The Morgan fingerprint density at radius 1 is 0.909 bits per heavy atom. The molecule has 3 saturated carbocycles. The Morgan fingerprint density at radius 2 is 1.64 bits per heavy atom. The molecule has 186 valence electrons. The van der Waals surface area contributed by atoms with E-state index in [-0.39, 0.29) is 22.9 Å². The van der Waals surface area contributed by atoms with Gasteiger partial charge in [0.05, 0.1) is 0 Å². The summed E-state index contributed by atoms with van der Waals surface area (Å²) in [5.74, 6) is 2.49. The highest BCUT2D eigenvalue weighted by atomic mass is 16.5. The smallest absolute Gasteiger partial charge is 0.306 e. The number of esters is 1. The number of unbranched alkanes of at least 4 members (excludes halogenated alkanes) is 7. The third-order valence-corrected chi connectivity index (χ3v) is 10.4. The monoisotopic (exact) mass is 456 g/mol. The number of ketones is 1. The van der Waals surface area contributed by atoms with Gasteiger partial charge in [0, 0.05) is 18.3 Å². The normalized spacial score (nSPS) is 37.7. The highest BCUT2D eigenvalue weighted by Gasteiger charge is 2.59. The Kier molecular flexibility index (Phi) is 8.06. The van der Waals surface area contributed by atoms with Crippen molar-refractivity contribution < 1.29 is 14.3 Å². The summed E-state index contributed by atoms with van der Waals surface area (Å²) in [5.41, 5.74) is 1.82. The molecule has 3 heteroatoms. The van der Waals surface area contributed by atoms with Crippen molar-refractivity contribution in [3.63, 3.8) is 0 Å². The van der Waals surface area contributed by atoms with E-state index in [1.54, 1.807) is 0 Å². The molecule has 0 aromatic rings. The van der Waals surface area contributed by atoms with Crippen LogP contribution < -0.4 is 0 Å². The molecule has 0 amide bonds. The number of fused-ring (bicyclic) bond motifs is 5. The molecule has 3 nitrogen and oxygen atoms in total. The van der Waals surface area contributed by atoms with E-state index < -0.39 is 0 Å². The lowest BCUT2D eigenvalue weighted by Gasteiger charge is -2.57. The summed E-state index contributed by atoms with van der Waals surface area (Å²) in [6, 6.07) is 0. The van der Waals surface area contributed by atoms with Crippen LogP contribution in [0.4, 0.5) is 0 Å². The summed E-state index contributed by atoms with van der Waals surface area (Å²) in [7, 11) is 0. The fourth-order valence-electron chi connectivity index (χ4n) is 8.33. The average Bonchev–Trinajstić information content (AvgIpc) is 3.12. The quantitative estimate of drug-likeness (QED) is 0.247. The average molecular weight is 457 g/mol. The minimum atomic E-state index is 0.0431. The number of allylic oxidation sites excluding steroid dienone is 1. The van der Waals surface area contributed by atoms with Gasteiger partial charge < -0.3 is 4.74 Å². The highest BCUT2D eigenvalue weighted by Crippen LogP contribution is 2.65. The molecular weight excluding hydrogens is 408 g/mol. The fraction of sp³-hybridized carbons (Fsp3) is 0.867. The molecule has 0 aliphatic heterocycles. The van der Waals surface area contributed by atoms with E-state index in [2.05, 4.69) is 20.8 Å². The van der Waals surface area contributed by atoms with Gasteiger partial charge in [-0.25, -0.2) is 0 Å². The van der Waals surface area contributed by atoms with Crippen molar-refractivity contribution in [1.29, 1.82) is 0 Å². The largest absolute Gasteiger partial charge is 0.462 e. The molecule has 6 atom stereocenters. The second-order valence-corrected chi connectivity index (χ2v) is 12.3. The van der Waals surface area contributed by atoms with Crippen molar-refractivity contribution in [2.24, 2.45) is 28.6 Å². The van der Waals surface area contributed by atoms with Crippen molar-refractivity contribution in [3.05, 3.63) is 11.6 Å². The van der Waals surface area contributed by atoms with E-state index in [4.69, 9.17) is 4.74 Å². The van der Waals surface area contributed by atoms with Gasteiger partial charge in [0.1, 0.15) is 6.10 Å². The number of rotatable bonds is 10. The third-order valence-electron chi connectivity index (χ3n) is 10.4. The molecular formula is C30H48O3. The van der Waals surface area contributed by atoms with Crippen LogP contribution >= 0.6 is 0 Å². The maximum Gasteiger partial charge on any atom is 0.306 e. The lowest BCUT2D eigenvalue weighted by atomic mass is 9.47. The summed E-state index contributed by atoms with van der Waals surface area (Å²) in [5, 5.41) is 0. The van der Waals surface area contributed by atoms with Gasteiger partial charge in [-0.1, -0.05) is 71.3 Å². The van der Waals surface area contributed by atoms with E-state index in [0.29, 0.717) is 24.0 Å². The first-order valence-electron chi connectivity index (χ1n) is 14.3. The number of carbonyl (C=O) groups is 2. The zero-order valence-corrected chi connectivity index (χ0v) is 21.6. The maximum absolute atomic E-state index is 12.7. The van der Waals surface area contributed by atoms with Gasteiger partial charge in [-0.15, -0.1) is 0 Å². The molecule has 0 aromatic heterocycles. The van der Waals surface area contributed by atoms with Gasteiger partial charge in [-0.05, 0) is 80.6 Å². The van der Waals surface area contributed by atoms with E-state index in [0.717, 1.165) is 44.4 Å². The van der Waals surface area contributed by atoms with Gasteiger partial charge in [0.2, 0.25) is 0 Å². The van der Waals surface area contributed by atoms with Gasteiger partial charge in [-0.3, -0.25) is 9.59 Å². The molecule has 4 aliphatic rings. The minimum Gasteiger partial charge on any atom is -0.462 e. The minimum absolute atomic E-state index is 0.0431. The molecule has 0 bridgehead atoms. The van der Waals surface area contributed by atoms with E-state index in [9.17, 15) is 9.59 Å². The van der Waals surface area contributed by atoms with Crippen LogP contribution in [0.15, 0.2) is 11.6 Å². The van der Waals surface area contributed by atoms with Gasteiger partial charge in [0.25, 0.3) is 0 Å². The zero-order valence-electron chi connectivity index (χ0n) is 21.6. The Hall–Kier alpha value is -1.12. The van der Waals surface area contributed by atoms with Crippen LogP contribution in [0.1, 0.15) is 130 Å². The van der Waals surface area contributed by atoms with E-state index in [1.165, 1.54) is 69.8 Å². The zero-order chi connectivity index (χ0) is 23.5.